The third-order valence-electron chi connectivity index (χ3n) is 2.82. The molecule has 1 aromatic rings. The molecule has 0 aliphatic carbocycles. The number of rotatable bonds is 11. The lowest BCUT2D eigenvalue weighted by Crippen LogP contribution is -2.20. The van der Waals surface area contributed by atoms with Crippen molar-refractivity contribution >= 4 is 0 Å². The Kier molecular flexibility index (Phi) is 9.06. The highest BCUT2D eigenvalue weighted by molar-refractivity contribution is 5.27. The van der Waals surface area contributed by atoms with E-state index in [2.05, 4.69) is 17.4 Å². The van der Waals surface area contributed by atoms with E-state index in [9.17, 15) is 0 Å². The summed E-state index contributed by atoms with van der Waals surface area (Å²) in [6, 6.07) is 8.21. The molecule has 0 heterocycles. The Balaban J connectivity index is 1.95. The SMILES string of the molecule is COCCOCCCNCCc1ccc(OC)cc1. The number of nitrogens with one attached hydrogen (secondary N) is 1. The second-order valence-electron chi connectivity index (χ2n) is 4.31. The highest BCUT2D eigenvalue weighted by Crippen LogP contribution is 2.11. The normalized spacial score (nSPS) is 10.6. The van der Waals surface area contributed by atoms with Crippen molar-refractivity contribution in [3.05, 3.63) is 29.8 Å². The van der Waals surface area contributed by atoms with Gasteiger partial charge in [-0.1, -0.05) is 12.1 Å². The Morgan fingerprint density at radius 1 is 0.947 bits per heavy atom. The fourth-order valence-electron chi connectivity index (χ4n) is 1.69. The third-order valence-corrected chi connectivity index (χ3v) is 2.82. The fraction of sp³-hybridized carbons (Fsp3) is 0.600. The van der Waals surface area contributed by atoms with E-state index in [-0.39, 0.29) is 0 Å². The van der Waals surface area contributed by atoms with E-state index in [4.69, 9.17) is 14.2 Å². The van der Waals surface area contributed by atoms with Crippen molar-refractivity contribution in [1.82, 2.24) is 5.32 Å². The molecule has 1 rings (SSSR count). The molecule has 4 heteroatoms. The van der Waals surface area contributed by atoms with Crippen molar-refractivity contribution in [3.63, 3.8) is 0 Å². The maximum absolute atomic E-state index is 5.39. The van der Waals surface area contributed by atoms with E-state index < -0.39 is 0 Å². The quantitative estimate of drug-likeness (QED) is 0.621. The summed E-state index contributed by atoms with van der Waals surface area (Å²) in [6.07, 6.45) is 2.07. The van der Waals surface area contributed by atoms with E-state index in [0.29, 0.717) is 13.2 Å². The first kappa shape index (κ1) is 16.0. The molecule has 0 spiro atoms. The van der Waals surface area contributed by atoms with Gasteiger partial charge < -0.3 is 19.5 Å². The number of methoxy groups -OCH3 is 2. The van der Waals surface area contributed by atoms with Crippen molar-refractivity contribution in [3.8, 4) is 5.75 Å². The van der Waals surface area contributed by atoms with Crippen molar-refractivity contribution in [2.24, 2.45) is 0 Å². The average molecular weight is 267 g/mol. The molecule has 0 aliphatic rings. The van der Waals surface area contributed by atoms with Gasteiger partial charge in [-0.15, -0.1) is 0 Å². The summed E-state index contributed by atoms with van der Waals surface area (Å²) in [5.74, 6) is 0.907. The zero-order valence-electron chi connectivity index (χ0n) is 12.0. The second-order valence-corrected chi connectivity index (χ2v) is 4.31. The smallest absolute Gasteiger partial charge is 0.118 e. The van der Waals surface area contributed by atoms with Crippen LogP contribution in [0, 0.1) is 0 Å². The molecule has 0 aromatic heterocycles. The molecule has 0 bridgehead atoms. The van der Waals surface area contributed by atoms with Gasteiger partial charge in [0.05, 0.1) is 20.3 Å². The molecule has 0 saturated carbocycles. The lowest BCUT2D eigenvalue weighted by atomic mass is 10.1. The molecular weight excluding hydrogens is 242 g/mol. The van der Waals surface area contributed by atoms with E-state index in [1.165, 1.54) is 5.56 Å². The van der Waals surface area contributed by atoms with Crippen LogP contribution in [0.3, 0.4) is 0 Å². The summed E-state index contributed by atoms with van der Waals surface area (Å²) in [7, 11) is 3.37. The molecule has 0 amide bonds. The van der Waals surface area contributed by atoms with Gasteiger partial charge in [0, 0.05) is 13.7 Å². The lowest BCUT2D eigenvalue weighted by molar-refractivity contribution is 0.0695. The number of ether oxygens (including phenoxy) is 3. The van der Waals surface area contributed by atoms with Crippen LogP contribution in [0.4, 0.5) is 0 Å². The van der Waals surface area contributed by atoms with Crippen LogP contribution in [0.25, 0.3) is 0 Å². The van der Waals surface area contributed by atoms with Crippen molar-refractivity contribution in [2.45, 2.75) is 12.8 Å². The summed E-state index contributed by atoms with van der Waals surface area (Å²) in [5, 5.41) is 3.41. The minimum Gasteiger partial charge on any atom is -0.497 e. The van der Waals surface area contributed by atoms with Gasteiger partial charge in [-0.2, -0.15) is 0 Å². The molecule has 0 aliphatic heterocycles. The van der Waals surface area contributed by atoms with E-state index in [0.717, 1.165) is 38.3 Å². The predicted molar refractivity (Wildman–Crippen MR) is 76.9 cm³/mol. The molecular formula is C15H25NO3. The van der Waals surface area contributed by atoms with E-state index >= 15 is 0 Å². The van der Waals surface area contributed by atoms with Crippen LogP contribution in [0.2, 0.25) is 0 Å². The summed E-state index contributed by atoms with van der Waals surface area (Å²) in [6.45, 7) is 4.12. The molecule has 4 nitrogen and oxygen atoms in total. The van der Waals surface area contributed by atoms with Gasteiger partial charge in [-0.05, 0) is 43.6 Å². The number of hydrogen-bond donors (Lipinski definition) is 1. The molecule has 0 unspecified atom stereocenters. The predicted octanol–water partition coefficient (Wildman–Crippen LogP) is 1.88. The van der Waals surface area contributed by atoms with Crippen molar-refractivity contribution in [1.29, 1.82) is 0 Å². The Morgan fingerprint density at radius 3 is 2.42 bits per heavy atom. The lowest BCUT2D eigenvalue weighted by Gasteiger charge is -2.06. The van der Waals surface area contributed by atoms with Crippen LogP contribution in [0.5, 0.6) is 5.75 Å². The molecule has 0 atom stereocenters. The van der Waals surface area contributed by atoms with Crippen LogP contribution in [-0.2, 0) is 15.9 Å². The van der Waals surface area contributed by atoms with Crippen molar-refractivity contribution < 1.29 is 14.2 Å². The van der Waals surface area contributed by atoms with Crippen LogP contribution in [0.1, 0.15) is 12.0 Å². The molecule has 0 fully saturated rings. The Labute approximate surface area is 116 Å². The third kappa shape index (κ3) is 7.82. The standard InChI is InChI=1S/C15H25NO3/c1-17-12-13-19-11-3-9-16-10-8-14-4-6-15(18-2)7-5-14/h4-7,16H,3,8-13H2,1-2H3. The molecule has 108 valence electrons. The number of hydrogen-bond acceptors (Lipinski definition) is 4. The number of benzene rings is 1. The average Bonchev–Trinajstić information content (AvgIpc) is 2.46. The summed E-state index contributed by atoms with van der Waals surface area (Å²) in [5.41, 5.74) is 1.32. The summed E-state index contributed by atoms with van der Waals surface area (Å²) >= 11 is 0. The Bertz CT molecular complexity index is 314. The first-order valence-corrected chi connectivity index (χ1v) is 6.77. The Morgan fingerprint density at radius 2 is 1.74 bits per heavy atom. The second kappa shape index (κ2) is 10.8. The molecule has 1 N–H and O–H groups in total. The first-order valence-electron chi connectivity index (χ1n) is 6.77. The minimum absolute atomic E-state index is 0.672. The monoisotopic (exact) mass is 267 g/mol. The molecule has 0 radical (unpaired) electrons. The molecule has 1 aromatic carbocycles. The fourth-order valence-corrected chi connectivity index (χ4v) is 1.69. The molecule has 0 saturated heterocycles. The topological polar surface area (TPSA) is 39.7 Å². The highest BCUT2D eigenvalue weighted by atomic mass is 16.5. The molecule has 19 heavy (non-hydrogen) atoms. The van der Waals surface area contributed by atoms with Crippen LogP contribution >= 0.6 is 0 Å². The van der Waals surface area contributed by atoms with E-state index in [1.807, 2.05) is 12.1 Å². The van der Waals surface area contributed by atoms with Gasteiger partial charge in [0.1, 0.15) is 5.75 Å². The highest BCUT2D eigenvalue weighted by Gasteiger charge is 1.95. The maximum atomic E-state index is 5.39. The zero-order chi connectivity index (χ0) is 13.8. The van der Waals surface area contributed by atoms with E-state index in [1.54, 1.807) is 14.2 Å². The van der Waals surface area contributed by atoms with Crippen molar-refractivity contribution in [2.75, 3.05) is 47.1 Å². The summed E-state index contributed by atoms with van der Waals surface area (Å²) < 4.78 is 15.4. The Hall–Kier alpha value is -1.10. The van der Waals surface area contributed by atoms with Gasteiger partial charge in [0.15, 0.2) is 0 Å². The van der Waals surface area contributed by atoms with Gasteiger partial charge >= 0.3 is 0 Å². The maximum Gasteiger partial charge on any atom is 0.118 e. The van der Waals surface area contributed by atoms with Crippen LogP contribution in [-0.4, -0.2) is 47.1 Å². The van der Waals surface area contributed by atoms with Gasteiger partial charge in [0.2, 0.25) is 0 Å². The van der Waals surface area contributed by atoms with Crippen LogP contribution in [0.15, 0.2) is 24.3 Å². The van der Waals surface area contributed by atoms with Gasteiger partial charge in [-0.25, -0.2) is 0 Å². The zero-order valence-corrected chi connectivity index (χ0v) is 12.0. The van der Waals surface area contributed by atoms with Gasteiger partial charge in [0.25, 0.3) is 0 Å². The summed E-state index contributed by atoms with van der Waals surface area (Å²) in [4.78, 5) is 0. The van der Waals surface area contributed by atoms with Gasteiger partial charge in [-0.3, -0.25) is 0 Å². The van der Waals surface area contributed by atoms with Crippen LogP contribution < -0.4 is 10.1 Å². The first-order chi connectivity index (χ1) is 9.36. The largest absolute Gasteiger partial charge is 0.497 e. The minimum atomic E-state index is 0.672.